The summed E-state index contributed by atoms with van der Waals surface area (Å²) in [4.78, 5) is 12.0. The highest BCUT2D eigenvalue weighted by molar-refractivity contribution is 7.18. The van der Waals surface area contributed by atoms with Crippen LogP contribution >= 0.6 is 11.3 Å². The number of amides is 1. The number of rotatable bonds is 6. The van der Waals surface area contributed by atoms with Crippen LogP contribution in [0, 0.1) is 0 Å². The van der Waals surface area contributed by atoms with Gasteiger partial charge in [0.05, 0.1) is 7.11 Å². The van der Waals surface area contributed by atoms with Gasteiger partial charge in [-0.1, -0.05) is 47.7 Å². The third-order valence-electron chi connectivity index (χ3n) is 3.10. The van der Waals surface area contributed by atoms with Crippen LogP contribution in [0.4, 0.5) is 5.13 Å². The summed E-state index contributed by atoms with van der Waals surface area (Å²) in [6.45, 7) is -0.118. The first-order valence-corrected chi connectivity index (χ1v) is 8.02. The van der Waals surface area contributed by atoms with Gasteiger partial charge < -0.3 is 9.47 Å². The van der Waals surface area contributed by atoms with E-state index in [1.54, 1.807) is 31.4 Å². The van der Waals surface area contributed by atoms with E-state index in [2.05, 4.69) is 15.5 Å². The average molecular weight is 341 g/mol. The predicted octanol–water partition coefficient (Wildman–Crippen LogP) is 3.23. The van der Waals surface area contributed by atoms with Crippen molar-refractivity contribution in [3.63, 3.8) is 0 Å². The fourth-order valence-corrected chi connectivity index (χ4v) is 2.73. The molecular weight excluding hydrogens is 326 g/mol. The Morgan fingerprint density at radius 3 is 2.67 bits per heavy atom. The molecule has 1 N–H and O–H groups in total. The fourth-order valence-electron chi connectivity index (χ4n) is 1.97. The lowest BCUT2D eigenvalue weighted by Gasteiger charge is -2.07. The maximum absolute atomic E-state index is 12.0. The second kappa shape index (κ2) is 7.56. The fraction of sp³-hybridized carbons (Fsp3) is 0.118. The van der Waals surface area contributed by atoms with E-state index in [0.29, 0.717) is 16.6 Å². The first-order chi connectivity index (χ1) is 11.7. The minimum absolute atomic E-state index is 0.118. The molecule has 0 aliphatic rings. The van der Waals surface area contributed by atoms with Gasteiger partial charge in [-0.15, -0.1) is 10.2 Å². The molecule has 0 spiro atoms. The molecule has 0 fully saturated rings. The quantitative estimate of drug-likeness (QED) is 0.745. The topological polar surface area (TPSA) is 73.3 Å². The molecule has 0 unspecified atom stereocenters. The zero-order valence-electron chi connectivity index (χ0n) is 12.9. The molecule has 24 heavy (non-hydrogen) atoms. The van der Waals surface area contributed by atoms with Crippen LogP contribution in [0.3, 0.4) is 0 Å². The van der Waals surface area contributed by atoms with Gasteiger partial charge in [0.1, 0.15) is 16.5 Å². The van der Waals surface area contributed by atoms with Gasteiger partial charge in [0.2, 0.25) is 5.13 Å². The van der Waals surface area contributed by atoms with Crippen LogP contribution in [0.5, 0.6) is 11.5 Å². The minimum atomic E-state index is -0.298. The Morgan fingerprint density at radius 1 is 1.08 bits per heavy atom. The molecule has 3 rings (SSSR count). The van der Waals surface area contributed by atoms with Crippen LogP contribution in [0.1, 0.15) is 0 Å². The van der Waals surface area contributed by atoms with Crippen molar-refractivity contribution in [3.05, 3.63) is 54.6 Å². The molecule has 1 amide bonds. The molecule has 2 aromatic carbocycles. The molecule has 1 heterocycles. The number of anilines is 1. The van der Waals surface area contributed by atoms with Crippen molar-refractivity contribution in [1.29, 1.82) is 0 Å². The van der Waals surface area contributed by atoms with Crippen molar-refractivity contribution in [1.82, 2.24) is 10.2 Å². The van der Waals surface area contributed by atoms with Crippen LogP contribution in [0.2, 0.25) is 0 Å². The summed E-state index contributed by atoms with van der Waals surface area (Å²) in [5.74, 6) is 0.935. The highest BCUT2D eigenvalue weighted by Gasteiger charge is 2.10. The van der Waals surface area contributed by atoms with Gasteiger partial charge in [-0.25, -0.2) is 0 Å². The maximum atomic E-state index is 12.0. The summed E-state index contributed by atoms with van der Waals surface area (Å²) in [6, 6.07) is 16.7. The number of hydrogen-bond acceptors (Lipinski definition) is 6. The van der Waals surface area contributed by atoms with E-state index in [1.165, 1.54) is 11.3 Å². The van der Waals surface area contributed by atoms with E-state index in [9.17, 15) is 4.79 Å². The Morgan fingerprint density at radius 2 is 1.88 bits per heavy atom. The third kappa shape index (κ3) is 4.08. The molecular formula is C17H15N3O3S. The number of aromatic nitrogens is 2. The lowest BCUT2D eigenvalue weighted by molar-refractivity contribution is -0.118. The van der Waals surface area contributed by atoms with Crippen molar-refractivity contribution in [3.8, 4) is 22.1 Å². The zero-order chi connectivity index (χ0) is 16.8. The van der Waals surface area contributed by atoms with Gasteiger partial charge in [-0.2, -0.15) is 0 Å². The molecule has 0 saturated carbocycles. The SMILES string of the molecule is COc1cccc(OCC(=O)Nc2nnc(-c3ccccc3)s2)c1. The van der Waals surface area contributed by atoms with Crippen molar-refractivity contribution in [2.75, 3.05) is 19.0 Å². The first kappa shape index (κ1) is 15.9. The van der Waals surface area contributed by atoms with Gasteiger partial charge in [0.25, 0.3) is 5.91 Å². The summed E-state index contributed by atoms with van der Waals surface area (Å²) in [5.41, 5.74) is 0.961. The van der Waals surface area contributed by atoms with E-state index in [4.69, 9.17) is 9.47 Å². The summed E-state index contributed by atoms with van der Waals surface area (Å²) in [6.07, 6.45) is 0. The predicted molar refractivity (Wildman–Crippen MR) is 92.5 cm³/mol. The van der Waals surface area contributed by atoms with Crippen LogP contribution in [-0.4, -0.2) is 29.8 Å². The Balaban J connectivity index is 1.56. The Kier molecular flexibility index (Phi) is 5.02. The molecule has 1 aromatic heterocycles. The van der Waals surface area contributed by atoms with Crippen molar-refractivity contribution >= 4 is 22.4 Å². The number of benzene rings is 2. The number of ether oxygens (including phenoxy) is 2. The van der Waals surface area contributed by atoms with Crippen molar-refractivity contribution in [2.24, 2.45) is 0 Å². The number of hydrogen-bond donors (Lipinski definition) is 1. The molecule has 0 aliphatic carbocycles. The van der Waals surface area contributed by atoms with Crippen LogP contribution in [-0.2, 0) is 4.79 Å². The Labute approximate surface area is 143 Å². The molecule has 0 saturated heterocycles. The van der Waals surface area contributed by atoms with Gasteiger partial charge in [-0.3, -0.25) is 10.1 Å². The van der Waals surface area contributed by atoms with Crippen molar-refractivity contribution < 1.29 is 14.3 Å². The van der Waals surface area contributed by atoms with Crippen LogP contribution in [0.15, 0.2) is 54.6 Å². The summed E-state index contributed by atoms with van der Waals surface area (Å²) >= 11 is 1.31. The molecule has 0 radical (unpaired) electrons. The van der Waals surface area contributed by atoms with Gasteiger partial charge in [0.15, 0.2) is 6.61 Å². The minimum Gasteiger partial charge on any atom is -0.497 e. The lowest BCUT2D eigenvalue weighted by atomic mass is 10.2. The largest absolute Gasteiger partial charge is 0.497 e. The second-order valence-electron chi connectivity index (χ2n) is 4.79. The van der Waals surface area contributed by atoms with Gasteiger partial charge in [-0.05, 0) is 12.1 Å². The lowest BCUT2D eigenvalue weighted by Crippen LogP contribution is -2.20. The molecule has 122 valence electrons. The average Bonchev–Trinajstić information content (AvgIpc) is 3.09. The molecule has 0 bridgehead atoms. The maximum Gasteiger partial charge on any atom is 0.264 e. The number of carbonyl (C=O) groups is 1. The second-order valence-corrected chi connectivity index (χ2v) is 5.77. The Bertz CT molecular complexity index is 821. The van der Waals surface area contributed by atoms with Crippen molar-refractivity contribution in [2.45, 2.75) is 0 Å². The van der Waals surface area contributed by atoms with E-state index in [-0.39, 0.29) is 12.5 Å². The molecule has 0 atom stereocenters. The smallest absolute Gasteiger partial charge is 0.264 e. The van der Waals surface area contributed by atoms with E-state index in [0.717, 1.165) is 10.6 Å². The normalized spacial score (nSPS) is 10.2. The monoisotopic (exact) mass is 341 g/mol. The van der Waals surface area contributed by atoms with E-state index >= 15 is 0 Å². The highest BCUT2D eigenvalue weighted by Crippen LogP contribution is 2.25. The van der Waals surface area contributed by atoms with Crippen LogP contribution < -0.4 is 14.8 Å². The standard InChI is InChI=1S/C17H15N3O3S/c1-22-13-8-5-9-14(10-13)23-11-15(21)18-17-20-19-16(24-17)12-6-3-2-4-7-12/h2-10H,11H2,1H3,(H,18,20,21). The van der Waals surface area contributed by atoms with E-state index < -0.39 is 0 Å². The summed E-state index contributed by atoms with van der Waals surface area (Å²) in [7, 11) is 1.58. The number of nitrogens with zero attached hydrogens (tertiary/aromatic N) is 2. The molecule has 7 heteroatoms. The van der Waals surface area contributed by atoms with Crippen LogP contribution in [0.25, 0.3) is 10.6 Å². The highest BCUT2D eigenvalue weighted by atomic mass is 32.1. The number of methoxy groups -OCH3 is 1. The van der Waals surface area contributed by atoms with Gasteiger partial charge >= 0.3 is 0 Å². The third-order valence-corrected chi connectivity index (χ3v) is 3.99. The van der Waals surface area contributed by atoms with E-state index in [1.807, 2.05) is 30.3 Å². The molecule has 6 nitrogen and oxygen atoms in total. The number of carbonyl (C=O) groups excluding carboxylic acids is 1. The summed E-state index contributed by atoms with van der Waals surface area (Å²) < 4.78 is 10.5. The molecule has 3 aromatic rings. The zero-order valence-corrected chi connectivity index (χ0v) is 13.7. The number of nitrogens with one attached hydrogen (secondary N) is 1. The first-order valence-electron chi connectivity index (χ1n) is 7.20. The Hall–Kier alpha value is -2.93. The molecule has 0 aliphatic heterocycles. The summed E-state index contributed by atoms with van der Waals surface area (Å²) in [5, 5.41) is 11.9. The van der Waals surface area contributed by atoms with Gasteiger partial charge in [0, 0.05) is 11.6 Å².